The van der Waals surface area contributed by atoms with Crippen molar-refractivity contribution in [3.05, 3.63) is 63.4 Å². The SMILES string of the molecule is O=C(O)c1ccc(C(=O)/C=C/c2cccc(C(F)(F)F)c2)s1. The lowest BCUT2D eigenvalue weighted by Crippen LogP contribution is -2.04. The van der Waals surface area contributed by atoms with Crippen LogP contribution in [0.1, 0.15) is 30.5 Å². The van der Waals surface area contributed by atoms with Gasteiger partial charge in [-0.25, -0.2) is 4.79 Å². The molecule has 0 amide bonds. The van der Waals surface area contributed by atoms with Crippen LogP contribution in [0, 0.1) is 0 Å². The first-order valence-corrected chi connectivity index (χ1v) is 6.82. The average Bonchev–Trinajstić information content (AvgIpc) is 2.94. The first kappa shape index (κ1) is 16.0. The molecule has 3 nitrogen and oxygen atoms in total. The first-order chi connectivity index (χ1) is 10.3. The van der Waals surface area contributed by atoms with Crippen LogP contribution in [0.4, 0.5) is 13.2 Å². The summed E-state index contributed by atoms with van der Waals surface area (Å²) in [7, 11) is 0. The number of hydrogen-bond donors (Lipinski definition) is 1. The number of ketones is 1. The van der Waals surface area contributed by atoms with Crippen LogP contribution in [0.2, 0.25) is 0 Å². The van der Waals surface area contributed by atoms with Crippen LogP contribution in [0.5, 0.6) is 0 Å². The molecule has 0 atom stereocenters. The normalized spacial score (nSPS) is 11.8. The van der Waals surface area contributed by atoms with Crippen LogP contribution in [0.3, 0.4) is 0 Å². The molecule has 0 radical (unpaired) electrons. The standard InChI is InChI=1S/C15H9F3O3S/c16-15(17,18)10-3-1-2-9(8-10)4-5-11(19)12-6-7-13(22-12)14(20)21/h1-8H,(H,20,21)/b5-4+. The lowest BCUT2D eigenvalue weighted by molar-refractivity contribution is -0.137. The van der Waals surface area contributed by atoms with Crippen molar-refractivity contribution in [2.45, 2.75) is 6.18 Å². The van der Waals surface area contributed by atoms with E-state index in [4.69, 9.17) is 5.11 Å². The minimum absolute atomic E-state index is 0.0239. The van der Waals surface area contributed by atoms with Crippen molar-refractivity contribution in [3.8, 4) is 0 Å². The van der Waals surface area contributed by atoms with E-state index in [1.54, 1.807) is 0 Å². The fourth-order valence-electron chi connectivity index (χ4n) is 1.66. The predicted octanol–water partition coefficient (Wildman–Crippen LogP) is 4.36. The number of rotatable bonds is 4. The third-order valence-corrected chi connectivity index (χ3v) is 3.79. The zero-order valence-electron chi connectivity index (χ0n) is 10.9. The smallest absolute Gasteiger partial charge is 0.416 e. The number of carbonyl (C=O) groups is 2. The molecule has 0 aliphatic rings. The number of aromatic carboxylic acids is 1. The fraction of sp³-hybridized carbons (Fsp3) is 0.0667. The van der Waals surface area contributed by atoms with E-state index in [0.29, 0.717) is 0 Å². The molecule has 22 heavy (non-hydrogen) atoms. The maximum absolute atomic E-state index is 12.6. The predicted molar refractivity (Wildman–Crippen MR) is 76.1 cm³/mol. The van der Waals surface area contributed by atoms with Gasteiger partial charge in [0.25, 0.3) is 0 Å². The maximum atomic E-state index is 12.6. The molecule has 0 bridgehead atoms. The van der Waals surface area contributed by atoms with Gasteiger partial charge in [0.15, 0.2) is 5.78 Å². The van der Waals surface area contributed by atoms with Crippen LogP contribution in [-0.2, 0) is 6.18 Å². The van der Waals surface area contributed by atoms with E-state index in [1.807, 2.05) is 0 Å². The Morgan fingerprint density at radius 3 is 2.36 bits per heavy atom. The summed E-state index contributed by atoms with van der Waals surface area (Å²) >= 11 is 0.811. The lowest BCUT2D eigenvalue weighted by atomic mass is 10.1. The van der Waals surface area contributed by atoms with E-state index in [-0.39, 0.29) is 15.3 Å². The van der Waals surface area contributed by atoms with E-state index >= 15 is 0 Å². The molecule has 1 aromatic heterocycles. The van der Waals surface area contributed by atoms with Gasteiger partial charge in [-0.3, -0.25) is 4.79 Å². The molecule has 0 spiro atoms. The average molecular weight is 326 g/mol. The van der Waals surface area contributed by atoms with Crippen molar-refractivity contribution in [2.75, 3.05) is 0 Å². The molecule has 0 fully saturated rings. The highest BCUT2D eigenvalue weighted by molar-refractivity contribution is 7.16. The van der Waals surface area contributed by atoms with Crippen LogP contribution in [0.15, 0.2) is 42.5 Å². The molecule has 0 aliphatic carbocycles. The molecule has 0 saturated carbocycles. The van der Waals surface area contributed by atoms with E-state index in [2.05, 4.69) is 0 Å². The molecule has 7 heteroatoms. The Morgan fingerprint density at radius 1 is 1.09 bits per heavy atom. The summed E-state index contributed by atoms with van der Waals surface area (Å²) in [6.45, 7) is 0. The highest BCUT2D eigenvalue weighted by atomic mass is 32.1. The van der Waals surface area contributed by atoms with Gasteiger partial charge in [0.1, 0.15) is 4.88 Å². The van der Waals surface area contributed by atoms with E-state index < -0.39 is 23.5 Å². The molecule has 1 heterocycles. The molecule has 0 saturated heterocycles. The summed E-state index contributed by atoms with van der Waals surface area (Å²) in [6, 6.07) is 7.24. The molecule has 0 aliphatic heterocycles. The highest BCUT2D eigenvalue weighted by Gasteiger charge is 2.30. The number of benzene rings is 1. The van der Waals surface area contributed by atoms with Crippen molar-refractivity contribution in [1.82, 2.24) is 0 Å². The second-order valence-electron chi connectivity index (χ2n) is 4.29. The second kappa shape index (κ2) is 6.15. The van der Waals surface area contributed by atoms with Crippen LogP contribution >= 0.6 is 11.3 Å². The third-order valence-electron chi connectivity index (χ3n) is 2.70. The Morgan fingerprint density at radius 2 is 1.77 bits per heavy atom. The number of thiophene rings is 1. The Hall–Kier alpha value is -2.41. The fourth-order valence-corrected chi connectivity index (χ4v) is 2.42. The largest absolute Gasteiger partial charge is 0.477 e. The molecule has 1 aromatic carbocycles. The Kier molecular flexibility index (Phi) is 4.46. The van der Waals surface area contributed by atoms with Crippen LogP contribution in [-0.4, -0.2) is 16.9 Å². The topological polar surface area (TPSA) is 54.4 Å². The quantitative estimate of drug-likeness (QED) is 0.671. The van der Waals surface area contributed by atoms with E-state index in [9.17, 15) is 22.8 Å². The van der Waals surface area contributed by atoms with E-state index in [0.717, 1.165) is 29.5 Å². The number of carboxylic acid groups (broad SMARTS) is 1. The van der Waals surface area contributed by atoms with Gasteiger partial charge in [-0.05, 0) is 35.9 Å². The highest BCUT2D eigenvalue weighted by Crippen LogP contribution is 2.29. The Labute approximate surface area is 127 Å². The number of carbonyl (C=O) groups excluding carboxylic acids is 1. The monoisotopic (exact) mass is 326 g/mol. The summed E-state index contributed by atoms with van der Waals surface area (Å²) in [5.41, 5.74) is -0.565. The lowest BCUT2D eigenvalue weighted by Gasteiger charge is -2.06. The number of alkyl halides is 3. The molecular formula is C15H9F3O3S. The first-order valence-electron chi connectivity index (χ1n) is 6.00. The van der Waals surface area contributed by atoms with Crippen molar-refractivity contribution in [1.29, 1.82) is 0 Å². The van der Waals surface area contributed by atoms with Gasteiger partial charge < -0.3 is 5.11 Å². The zero-order valence-corrected chi connectivity index (χ0v) is 11.7. The van der Waals surface area contributed by atoms with Crippen LogP contribution < -0.4 is 0 Å². The van der Waals surface area contributed by atoms with Gasteiger partial charge >= 0.3 is 12.1 Å². The van der Waals surface area contributed by atoms with Gasteiger partial charge in [0.2, 0.25) is 0 Å². The maximum Gasteiger partial charge on any atom is 0.416 e. The van der Waals surface area contributed by atoms with Gasteiger partial charge in [0, 0.05) is 0 Å². The minimum atomic E-state index is -4.45. The van der Waals surface area contributed by atoms with Crippen molar-refractivity contribution >= 4 is 29.2 Å². The number of halogens is 3. The molecule has 1 N–H and O–H groups in total. The minimum Gasteiger partial charge on any atom is -0.477 e. The summed E-state index contributed by atoms with van der Waals surface area (Å²) in [5, 5.41) is 8.77. The molecule has 0 unspecified atom stereocenters. The zero-order chi connectivity index (χ0) is 16.3. The van der Waals surface area contributed by atoms with Gasteiger partial charge in [-0.2, -0.15) is 13.2 Å². The molecule has 2 aromatic rings. The number of allylic oxidation sites excluding steroid dienone is 1. The van der Waals surface area contributed by atoms with Crippen LogP contribution in [0.25, 0.3) is 6.08 Å². The molecular weight excluding hydrogens is 317 g/mol. The van der Waals surface area contributed by atoms with Crippen molar-refractivity contribution < 1.29 is 27.9 Å². The Bertz CT molecular complexity index is 744. The van der Waals surface area contributed by atoms with E-state index in [1.165, 1.54) is 30.3 Å². The summed E-state index contributed by atoms with van der Waals surface area (Å²) in [6.07, 6.45) is -2.07. The number of carboxylic acids is 1. The van der Waals surface area contributed by atoms with Gasteiger partial charge in [0.05, 0.1) is 10.4 Å². The Balaban J connectivity index is 2.17. The van der Waals surface area contributed by atoms with Crippen molar-refractivity contribution in [3.63, 3.8) is 0 Å². The number of hydrogen-bond acceptors (Lipinski definition) is 3. The molecule has 2 rings (SSSR count). The summed E-state index contributed by atoms with van der Waals surface area (Å²) in [5.74, 6) is -1.60. The summed E-state index contributed by atoms with van der Waals surface area (Å²) < 4.78 is 37.7. The van der Waals surface area contributed by atoms with Gasteiger partial charge in [-0.15, -0.1) is 11.3 Å². The van der Waals surface area contributed by atoms with Gasteiger partial charge in [-0.1, -0.05) is 18.2 Å². The van der Waals surface area contributed by atoms with Crippen molar-refractivity contribution in [2.24, 2.45) is 0 Å². The third kappa shape index (κ3) is 3.82. The second-order valence-corrected chi connectivity index (χ2v) is 5.37. The molecule has 114 valence electrons. The summed E-state index contributed by atoms with van der Waals surface area (Å²) in [4.78, 5) is 22.8.